The van der Waals surface area contributed by atoms with Crippen molar-refractivity contribution in [2.45, 2.75) is 11.8 Å². The molecule has 0 bridgehead atoms. The lowest BCUT2D eigenvalue weighted by Gasteiger charge is -2.09. The van der Waals surface area contributed by atoms with E-state index >= 15 is 0 Å². The van der Waals surface area contributed by atoms with Crippen LogP contribution in [0.25, 0.3) is 5.82 Å². The molecule has 7 nitrogen and oxygen atoms in total. The zero-order chi connectivity index (χ0) is 16.6. The number of aromatic nitrogens is 4. The highest BCUT2D eigenvalue weighted by atomic mass is 35.5. The average molecular weight is 390 g/mol. The molecule has 0 amide bonds. The highest BCUT2D eigenvalue weighted by molar-refractivity contribution is 7.93. The maximum absolute atomic E-state index is 12.4. The number of aryl methyl sites for hydroxylation is 1. The first kappa shape index (κ1) is 16.2. The first-order chi connectivity index (χ1) is 10.9. The van der Waals surface area contributed by atoms with E-state index in [1.165, 1.54) is 23.0 Å². The Labute approximate surface area is 145 Å². The van der Waals surface area contributed by atoms with Gasteiger partial charge in [0.15, 0.2) is 5.82 Å². The number of hydrogen-bond acceptors (Lipinski definition) is 6. The number of halogens is 2. The summed E-state index contributed by atoms with van der Waals surface area (Å²) < 4.78 is 29.0. The van der Waals surface area contributed by atoms with Crippen LogP contribution in [-0.2, 0) is 10.0 Å². The van der Waals surface area contributed by atoms with Crippen molar-refractivity contribution in [2.75, 3.05) is 4.72 Å². The smallest absolute Gasteiger partial charge is 0.263 e. The van der Waals surface area contributed by atoms with E-state index in [-0.39, 0.29) is 19.4 Å². The quantitative estimate of drug-likeness (QED) is 0.739. The minimum atomic E-state index is -3.90. The standard InChI is InChI=1S/C12H9Cl2N5O2S2/c1-7-2-3-10(17-16-7)19-11(4-5-15-19)18-23(20,21)8-6-9(13)22-12(8)14/h2-6,18H,1H3. The van der Waals surface area contributed by atoms with Gasteiger partial charge in [-0.15, -0.1) is 16.4 Å². The van der Waals surface area contributed by atoms with Crippen LogP contribution in [0.4, 0.5) is 5.82 Å². The van der Waals surface area contributed by atoms with E-state index in [1.807, 2.05) is 0 Å². The van der Waals surface area contributed by atoms with Crippen LogP contribution >= 0.6 is 34.5 Å². The molecule has 3 aromatic rings. The van der Waals surface area contributed by atoms with E-state index in [0.717, 1.165) is 17.0 Å². The minimum absolute atomic E-state index is 0.0862. The van der Waals surface area contributed by atoms with Gasteiger partial charge in [-0.2, -0.15) is 14.9 Å². The van der Waals surface area contributed by atoms with Gasteiger partial charge in [-0.1, -0.05) is 23.2 Å². The molecule has 0 atom stereocenters. The lowest BCUT2D eigenvalue weighted by molar-refractivity contribution is 0.601. The number of hydrogen-bond donors (Lipinski definition) is 1. The lowest BCUT2D eigenvalue weighted by Crippen LogP contribution is -2.16. The molecule has 120 valence electrons. The normalized spacial score (nSPS) is 11.6. The monoisotopic (exact) mass is 389 g/mol. The third-order valence-corrected chi connectivity index (χ3v) is 5.91. The van der Waals surface area contributed by atoms with Crippen LogP contribution < -0.4 is 4.72 Å². The van der Waals surface area contributed by atoms with Gasteiger partial charge in [0.2, 0.25) is 0 Å². The van der Waals surface area contributed by atoms with Gasteiger partial charge in [-0.3, -0.25) is 4.72 Å². The van der Waals surface area contributed by atoms with Crippen LogP contribution in [0.3, 0.4) is 0 Å². The Morgan fingerprint density at radius 1 is 1.22 bits per heavy atom. The molecule has 0 aliphatic carbocycles. The Bertz CT molecular complexity index is 950. The second-order valence-corrected chi connectivity index (χ2v) is 8.39. The molecule has 11 heteroatoms. The molecule has 0 fully saturated rings. The van der Waals surface area contributed by atoms with Crippen molar-refractivity contribution in [1.82, 2.24) is 20.0 Å². The zero-order valence-electron chi connectivity index (χ0n) is 11.6. The predicted molar refractivity (Wildman–Crippen MR) is 89.0 cm³/mol. The second-order valence-electron chi connectivity index (χ2n) is 4.46. The summed E-state index contributed by atoms with van der Waals surface area (Å²) in [6.45, 7) is 1.80. The van der Waals surface area contributed by atoms with E-state index < -0.39 is 10.0 Å². The fourth-order valence-corrected chi connectivity index (χ4v) is 4.96. The molecule has 3 aromatic heterocycles. The molecule has 0 spiro atoms. The largest absolute Gasteiger partial charge is 0.265 e. The summed E-state index contributed by atoms with van der Waals surface area (Å²) in [6, 6.07) is 6.23. The molecule has 0 saturated carbocycles. The minimum Gasteiger partial charge on any atom is -0.263 e. The van der Waals surface area contributed by atoms with Crippen molar-refractivity contribution in [3.8, 4) is 5.82 Å². The summed E-state index contributed by atoms with van der Waals surface area (Å²) in [5.74, 6) is 0.592. The maximum atomic E-state index is 12.4. The topological polar surface area (TPSA) is 89.8 Å². The summed E-state index contributed by atoms with van der Waals surface area (Å²) in [5.41, 5.74) is 0.739. The van der Waals surface area contributed by atoms with E-state index in [2.05, 4.69) is 20.0 Å². The van der Waals surface area contributed by atoms with Gasteiger partial charge in [0.25, 0.3) is 10.0 Å². The summed E-state index contributed by atoms with van der Waals surface area (Å²) in [6.07, 6.45) is 1.45. The van der Waals surface area contributed by atoms with Crippen molar-refractivity contribution in [3.05, 3.63) is 44.8 Å². The van der Waals surface area contributed by atoms with Gasteiger partial charge in [0.05, 0.1) is 16.2 Å². The molecule has 0 radical (unpaired) electrons. The molecular formula is C12H9Cl2N5O2S2. The van der Waals surface area contributed by atoms with Crippen LogP contribution in [-0.4, -0.2) is 28.4 Å². The van der Waals surface area contributed by atoms with E-state index in [0.29, 0.717) is 5.82 Å². The van der Waals surface area contributed by atoms with Gasteiger partial charge in [-0.05, 0) is 25.1 Å². The van der Waals surface area contributed by atoms with Crippen molar-refractivity contribution in [2.24, 2.45) is 0 Å². The van der Waals surface area contributed by atoms with Crippen LogP contribution in [0.15, 0.2) is 35.4 Å². The summed E-state index contributed by atoms with van der Waals surface area (Å²) in [7, 11) is -3.90. The Kier molecular flexibility index (Phi) is 4.28. The highest BCUT2D eigenvalue weighted by Crippen LogP contribution is 2.35. The molecule has 1 N–H and O–H groups in total. The van der Waals surface area contributed by atoms with Crippen LogP contribution in [0.1, 0.15) is 5.69 Å². The van der Waals surface area contributed by atoms with E-state index in [1.54, 1.807) is 19.1 Å². The molecule has 0 unspecified atom stereocenters. The zero-order valence-corrected chi connectivity index (χ0v) is 14.7. The predicted octanol–water partition coefficient (Wildman–Crippen LogP) is 3.14. The first-order valence-electron chi connectivity index (χ1n) is 6.19. The summed E-state index contributed by atoms with van der Waals surface area (Å²) in [4.78, 5) is -0.0862. The Hall–Kier alpha value is -1.68. The lowest BCUT2D eigenvalue weighted by atomic mass is 10.4. The third kappa shape index (κ3) is 3.32. The van der Waals surface area contributed by atoms with E-state index in [9.17, 15) is 8.42 Å². The molecule has 23 heavy (non-hydrogen) atoms. The number of nitrogens with one attached hydrogen (secondary N) is 1. The van der Waals surface area contributed by atoms with Crippen molar-refractivity contribution in [1.29, 1.82) is 0 Å². The second kappa shape index (κ2) is 6.08. The first-order valence-corrected chi connectivity index (χ1v) is 9.25. The molecule has 0 aromatic carbocycles. The maximum Gasteiger partial charge on any atom is 0.265 e. The van der Waals surface area contributed by atoms with Crippen LogP contribution in [0.5, 0.6) is 0 Å². The number of nitrogens with zero attached hydrogens (tertiary/aromatic N) is 4. The van der Waals surface area contributed by atoms with Gasteiger partial charge in [0, 0.05) is 6.07 Å². The fourth-order valence-electron chi connectivity index (χ4n) is 1.77. The molecule has 3 rings (SSSR count). The average Bonchev–Trinajstić information content (AvgIpc) is 3.06. The van der Waals surface area contributed by atoms with Crippen molar-refractivity contribution in [3.63, 3.8) is 0 Å². The Balaban J connectivity index is 1.97. The van der Waals surface area contributed by atoms with Gasteiger partial charge in [-0.25, -0.2) is 8.42 Å². The molecule has 0 saturated heterocycles. The number of anilines is 1. The SMILES string of the molecule is Cc1ccc(-n2nccc2NS(=O)(=O)c2cc(Cl)sc2Cl)nn1. The van der Waals surface area contributed by atoms with Crippen LogP contribution in [0.2, 0.25) is 8.67 Å². The summed E-state index contributed by atoms with van der Waals surface area (Å²) in [5, 5.41) is 12.0. The fraction of sp³-hybridized carbons (Fsp3) is 0.0833. The number of thiophene rings is 1. The van der Waals surface area contributed by atoms with Gasteiger partial charge >= 0.3 is 0 Å². The van der Waals surface area contributed by atoms with Gasteiger partial charge in [0.1, 0.15) is 15.0 Å². The molecule has 3 heterocycles. The Morgan fingerprint density at radius 3 is 2.61 bits per heavy atom. The van der Waals surface area contributed by atoms with Gasteiger partial charge < -0.3 is 0 Å². The van der Waals surface area contributed by atoms with E-state index in [4.69, 9.17) is 23.2 Å². The highest BCUT2D eigenvalue weighted by Gasteiger charge is 2.23. The van der Waals surface area contributed by atoms with Crippen LogP contribution in [0, 0.1) is 6.92 Å². The molecule has 0 aliphatic heterocycles. The van der Waals surface area contributed by atoms with Crippen molar-refractivity contribution >= 4 is 50.4 Å². The third-order valence-electron chi connectivity index (χ3n) is 2.80. The molecule has 0 aliphatic rings. The number of rotatable bonds is 4. The molecular weight excluding hydrogens is 381 g/mol. The number of sulfonamides is 1. The van der Waals surface area contributed by atoms with Crippen molar-refractivity contribution < 1.29 is 8.42 Å². The Morgan fingerprint density at radius 2 is 2.00 bits per heavy atom. The summed E-state index contributed by atoms with van der Waals surface area (Å²) >= 11 is 12.7.